The molecule has 0 saturated carbocycles. The lowest BCUT2D eigenvalue weighted by atomic mass is 10.1. The number of anilines is 1. The highest BCUT2D eigenvalue weighted by molar-refractivity contribution is 7.99. The van der Waals surface area contributed by atoms with Crippen molar-refractivity contribution in [1.29, 1.82) is 0 Å². The summed E-state index contributed by atoms with van der Waals surface area (Å²) in [6, 6.07) is 14.2. The number of allylic oxidation sites excluding steroid dienone is 1. The largest absolute Gasteiger partial charge is 0.497 e. The van der Waals surface area contributed by atoms with Crippen molar-refractivity contribution in [3.05, 3.63) is 72.6 Å². The second-order valence-electron chi connectivity index (χ2n) is 7.85. The average molecular weight is 510 g/mol. The van der Waals surface area contributed by atoms with E-state index in [1.807, 2.05) is 54.8 Å². The minimum atomic E-state index is -0.379. The van der Waals surface area contributed by atoms with Gasteiger partial charge in [0, 0.05) is 12.2 Å². The number of carbonyl (C=O) groups excluding carboxylic acids is 2. The molecule has 0 bridgehead atoms. The molecule has 3 aromatic rings. The molecule has 2 amide bonds. The second-order valence-corrected chi connectivity index (χ2v) is 8.79. The lowest BCUT2D eigenvalue weighted by molar-refractivity contribution is -0.121. The SMILES string of the molecule is C=CCn1c(SCC(=O)Nc2ccc(OCC)cc2)nnc1C(C)NC(=O)Cc1ccc(OC)cc1. The number of aromatic nitrogens is 3. The Hall–Kier alpha value is -3.79. The van der Waals surface area contributed by atoms with Crippen LogP contribution < -0.4 is 20.1 Å². The van der Waals surface area contributed by atoms with E-state index in [4.69, 9.17) is 9.47 Å². The summed E-state index contributed by atoms with van der Waals surface area (Å²) in [6.07, 6.45) is 1.96. The normalized spacial score (nSPS) is 11.4. The highest BCUT2D eigenvalue weighted by Gasteiger charge is 2.20. The van der Waals surface area contributed by atoms with Crippen LogP contribution in [0.4, 0.5) is 5.69 Å². The van der Waals surface area contributed by atoms with E-state index in [-0.39, 0.29) is 30.0 Å². The van der Waals surface area contributed by atoms with Crippen LogP contribution in [0.1, 0.15) is 31.3 Å². The first-order valence-corrected chi connectivity index (χ1v) is 12.5. The molecule has 36 heavy (non-hydrogen) atoms. The van der Waals surface area contributed by atoms with Crippen LogP contribution in [0.15, 0.2) is 66.3 Å². The van der Waals surface area contributed by atoms with Crippen molar-refractivity contribution >= 4 is 29.3 Å². The Morgan fingerprint density at radius 3 is 2.42 bits per heavy atom. The van der Waals surface area contributed by atoms with Gasteiger partial charge in [-0.25, -0.2) is 0 Å². The molecule has 0 fully saturated rings. The minimum absolute atomic E-state index is 0.134. The van der Waals surface area contributed by atoms with E-state index in [2.05, 4.69) is 27.4 Å². The molecule has 10 heteroatoms. The number of benzene rings is 2. The van der Waals surface area contributed by atoms with Crippen molar-refractivity contribution in [2.24, 2.45) is 0 Å². The number of nitrogens with zero attached hydrogens (tertiary/aromatic N) is 3. The molecule has 2 N–H and O–H groups in total. The van der Waals surface area contributed by atoms with Gasteiger partial charge in [0.05, 0.1) is 31.9 Å². The molecular weight excluding hydrogens is 478 g/mol. The Balaban J connectivity index is 1.58. The maximum atomic E-state index is 12.6. The second kappa shape index (κ2) is 13.3. The van der Waals surface area contributed by atoms with E-state index in [0.29, 0.717) is 29.8 Å². The fourth-order valence-electron chi connectivity index (χ4n) is 3.44. The zero-order valence-corrected chi connectivity index (χ0v) is 21.5. The van der Waals surface area contributed by atoms with Gasteiger partial charge in [-0.1, -0.05) is 30.0 Å². The lowest BCUT2D eigenvalue weighted by Crippen LogP contribution is -2.30. The summed E-state index contributed by atoms with van der Waals surface area (Å²) >= 11 is 1.27. The fraction of sp³-hybridized carbons (Fsp3) is 0.308. The molecular formula is C26H31N5O4S. The van der Waals surface area contributed by atoms with E-state index in [1.165, 1.54) is 11.8 Å². The van der Waals surface area contributed by atoms with Gasteiger partial charge < -0.3 is 24.7 Å². The molecule has 0 aliphatic carbocycles. The van der Waals surface area contributed by atoms with Gasteiger partial charge in [0.15, 0.2) is 11.0 Å². The van der Waals surface area contributed by atoms with Gasteiger partial charge in [0.25, 0.3) is 0 Å². The van der Waals surface area contributed by atoms with Crippen LogP contribution in [0, 0.1) is 0 Å². The Bertz CT molecular complexity index is 1160. The molecule has 1 atom stereocenters. The van der Waals surface area contributed by atoms with Gasteiger partial charge in [0.1, 0.15) is 11.5 Å². The van der Waals surface area contributed by atoms with Gasteiger partial charge in [-0.3, -0.25) is 9.59 Å². The maximum Gasteiger partial charge on any atom is 0.234 e. The number of thioether (sulfide) groups is 1. The smallest absolute Gasteiger partial charge is 0.234 e. The number of amides is 2. The van der Waals surface area contributed by atoms with Crippen molar-refractivity contribution in [3.63, 3.8) is 0 Å². The summed E-state index contributed by atoms with van der Waals surface area (Å²) in [5.74, 6) is 1.93. The first-order chi connectivity index (χ1) is 17.4. The van der Waals surface area contributed by atoms with E-state index >= 15 is 0 Å². The molecule has 1 heterocycles. The first-order valence-electron chi connectivity index (χ1n) is 11.5. The molecule has 0 radical (unpaired) electrons. The van der Waals surface area contributed by atoms with E-state index in [9.17, 15) is 9.59 Å². The van der Waals surface area contributed by atoms with Crippen LogP contribution >= 0.6 is 11.8 Å². The molecule has 3 rings (SSSR count). The fourth-order valence-corrected chi connectivity index (χ4v) is 4.20. The van der Waals surface area contributed by atoms with Crippen LogP contribution in [-0.2, 0) is 22.6 Å². The van der Waals surface area contributed by atoms with E-state index in [0.717, 1.165) is 17.1 Å². The molecule has 0 spiro atoms. The van der Waals surface area contributed by atoms with Gasteiger partial charge in [-0.05, 0) is 55.8 Å². The van der Waals surface area contributed by atoms with Crippen molar-refractivity contribution < 1.29 is 19.1 Å². The highest BCUT2D eigenvalue weighted by Crippen LogP contribution is 2.22. The molecule has 9 nitrogen and oxygen atoms in total. The quantitative estimate of drug-likeness (QED) is 0.265. The molecule has 0 aliphatic heterocycles. The van der Waals surface area contributed by atoms with Crippen molar-refractivity contribution in [3.8, 4) is 11.5 Å². The summed E-state index contributed by atoms with van der Waals surface area (Å²) in [4.78, 5) is 25.0. The third-order valence-corrected chi connectivity index (χ3v) is 6.09. The molecule has 190 valence electrons. The van der Waals surface area contributed by atoms with Gasteiger partial charge in [0.2, 0.25) is 11.8 Å². The summed E-state index contributed by atoms with van der Waals surface area (Å²) < 4.78 is 12.4. The number of rotatable bonds is 13. The molecule has 0 saturated heterocycles. The highest BCUT2D eigenvalue weighted by atomic mass is 32.2. The predicted molar refractivity (Wildman–Crippen MR) is 140 cm³/mol. The Morgan fingerprint density at radius 2 is 1.78 bits per heavy atom. The first kappa shape index (κ1) is 26.8. The number of nitrogens with one attached hydrogen (secondary N) is 2. The van der Waals surface area contributed by atoms with Crippen LogP contribution in [-0.4, -0.2) is 46.0 Å². The summed E-state index contributed by atoms with van der Waals surface area (Å²) in [6.45, 7) is 8.61. The van der Waals surface area contributed by atoms with Gasteiger partial charge in [-0.15, -0.1) is 16.8 Å². The van der Waals surface area contributed by atoms with E-state index < -0.39 is 0 Å². The van der Waals surface area contributed by atoms with Gasteiger partial charge >= 0.3 is 0 Å². The number of hydrogen-bond acceptors (Lipinski definition) is 7. The van der Waals surface area contributed by atoms with Crippen LogP contribution in [0.5, 0.6) is 11.5 Å². The molecule has 0 aliphatic rings. The molecule has 1 unspecified atom stereocenters. The van der Waals surface area contributed by atoms with Crippen molar-refractivity contribution in [2.75, 3.05) is 24.8 Å². The summed E-state index contributed by atoms with van der Waals surface area (Å²) in [5.41, 5.74) is 1.56. The van der Waals surface area contributed by atoms with Crippen molar-refractivity contribution in [2.45, 2.75) is 38.0 Å². The van der Waals surface area contributed by atoms with E-state index in [1.54, 1.807) is 25.3 Å². The number of hydrogen-bond donors (Lipinski definition) is 2. The predicted octanol–water partition coefficient (Wildman–Crippen LogP) is 4.02. The van der Waals surface area contributed by atoms with Gasteiger partial charge in [-0.2, -0.15) is 0 Å². The standard InChI is InChI=1S/C26H31N5O4S/c1-5-15-31-25(18(3)27-23(32)16-19-7-11-21(34-4)12-8-19)29-30-26(31)36-17-24(33)28-20-9-13-22(14-10-20)35-6-2/h5,7-14,18H,1,6,15-17H2,2-4H3,(H,27,32)(H,28,33). The number of carbonyl (C=O) groups is 2. The third-order valence-electron chi connectivity index (χ3n) is 5.13. The molecule has 1 aromatic heterocycles. The maximum absolute atomic E-state index is 12.6. The van der Waals surface area contributed by atoms with Crippen LogP contribution in [0.3, 0.4) is 0 Å². The minimum Gasteiger partial charge on any atom is -0.497 e. The van der Waals surface area contributed by atoms with Crippen LogP contribution in [0.25, 0.3) is 0 Å². The topological polar surface area (TPSA) is 107 Å². The average Bonchev–Trinajstić information content (AvgIpc) is 3.27. The monoisotopic (exact) mass is 509 g/mol. The Labute approximate surface area is 215 Å². The Morgan fingerprint density at radius 1 is 1.08 bits per heavy atom. The zero-order chi connectivity index (χ0) is 25.9. The summed E-state index contributed by atoms with van der Waals surface area (Å²) in [7, 11) is 1.60. The number of methoxy groups -OCH3 is 1. The number of ether oxygens (including phenoxy) is 2. The lowest BCUT2D eigenvalue weighted by Gasteiger charge is -2.15. The Kier molecular flexibility index (Phi) is 9.93. The third kappa shape index (κ3) is 7.61. The molecule has 2 aromatic carbocycles. The van der Waals surface area contributed by atoms with Crippen LogP contribution in [0.2, 0.25) is 0 Å². The zero-order valence-electron chi connectivity index (χ0n) is 20.7. The van der Waals surface area contributed by atoms with Crippen molar-refractivity contribution in [1.82, 2.24) is 20.1 Å². The summed E-state index contributed by atoms with van der Waals surface area (Å²) in [5, 5.41) is 14.9.